The molecule has 0 aromatic heterocycles. The highest BCUT2D eigenvalue weighted by molar-refractivity contribution is 7.00. The van der Waals surface area contributed by atoms with Crippen molar-refractivity contribution in [2.45, 2.75) is 143 Å². The minimum atomic E-state index is -2.87. The fourth-order valence-electron chi connectivity index (χ4n) is 9.99. The van der Waals surface area contributed by atoms with Crippen LogP contribution in [0, 0.1) is 11.8 Å². The van der Waals surface area contributed by atoms with Gasteiger partial charge in [0.05, 0.1) is 30.7 Å². The van der Waals surface area contributed by atoms with Gasteiger partial charge < -0.3 is 28.2 Å². The van der Waals surface area contributed by atoms with E-state index in [9.17, 15) is 29.1 Å². The lowest BCUT2D eigenvalue weighted by molar-refractivity contribution is -0.160. The zero-order valence-electron chi connectivity index (χ0n) is 46.8. The molecular weight excluding hydrogens is 991 g/mol. The van der Waals surface area contributed by atoms with Gasteiger partial charge in [0.2, 0.25) is 5.91 Å². The number of rotatable bonds is 20. The van der Waals surface area contributed by atoms with Crippen LogP contribution in [-0.4, -0.2) is 93.6 Å². The maximum absolute atomic E-state index is 14.1. The Kier molecular flexibility index (Phi) is 20.9. The van der Waals surface area contributed by atoms with Crippen LogP contribution in [0.4, 0.5) is 4.79 Å². The van der Waals surface area contributed by atoms with Crippen LogP contribution in [0.25, 0.3) is 0 Å². The molecule has 3 atom stereocenters. The van der Waals surface area contributed by atoms with Crippen molar-refractivity contribution < 1.29 is 52.1 Å². The highest BCUT2D eigenvalue weighted by Gasteiger charge is 2.52. The summed E-state index contributed by atoms with van der Waals surface area (Å²) in [7, 11) is -5.61. The predicted octanol–water partition coefficient (Wildman–Crippen LogP) is 10.3. The monoisotopic (exact) mass is 1070 g/mol. The van der Waals surface area contributed by atoms with Gasteiger partial charge in [-0.15, -0.1) is 0 Å². The number of carboxylic acids is 1. The lowest BCUT2D eigenvalue weighted by Gasteiger charge is -2.43. The molecule has 1 aliphatic rings. The number of nitrogens with zero attached hydrogens (tertiary/aromatic N) is 1. The number of benzene rings is 5. The number of hydrogen-bond donors (Lipinski definition) is 1. The number of carbonyl (C=O) groups is 5. The standard InChI is InChI=1S/C36H45NO6Si.C26H36O5Si/c1-35(2,3)43-32(38)25-28(33(39)37-29(26-41-34(37)40)24-27-16-10-7-11-17-27)22-23-42-44(36(4,5)6,30-18-12-8-13-19-30)31-20-14-9-15-21-31;1-25(2,3)31-23(27)19-20(24(28)29)17-18-30-32(26(4,5)6,21-13-9-7-10-14-21)22-15-11-8-12-16-22/h7-21,28-29H,22-26H2,1-6H3;7-16,20H,17-19H2,1-6H3,(H,28,29)/t28?,29-;/m0./s1. The van der Waals surface area contributed by atoms with Crippen LogP contribution in [0.1, 0.15) is 114 Å². The van der Waals surface area contributed by atoms with Crippen LogP contribution >= 0.6 is 0 Å². The zero-order valence-corrected chi connectivity index (χ0v) is 48.8. The minimum absolute atomic E-state index is 0.108. The van der Waals surface area contributed by atoms with Crippen molar-refractivity contribution >= 4 is 67.3 Å². The van der Waals surface area contributed by atoms with Crippen molar-refractivity contribution in [2.75, 3.05) is 19.8 Å². The first-order valence-corrected chi connectivity index (χ1v) is 30.2. The molecule has 6 rings (SSSR count). The van der Waals surface area contributed by atoms with Gasteiger partial charge in [0, 0.05) is 13.2 Å². The molecule has 408 valence electrons. The van der Waals surface area contributed by atoms with E-state index in [2.05, 4.69) is 90.1 Å². The quantitative estimate of drug-likeness (QED) is 0.0450. The smallest absolute Gasteiger partial charge is 0.416 e. The molecule has 76 heavy (non-hydrogen) atoms. The van der Waals surface area contributed by atoms with Gasteiger partial charge in [-0.2, -0.15) is 0 Å². The second-order valence-electron chi connectivity index (χ2n) is 23.5. The van der Waals surface area contributed by atoms with E-state index < -0.39 is 75.6 Å². The Bertz CT molecular complexity index is 2560. The Morgan fingerprint density at radius 3 is 1.20 bits per heavy atom. The molecule has 14 heteroatoms. The first-order chi connectivity index (χ1) is 35.7. The highest BCUT2D eigenvalue weighted by Crippen LogP contribution is 2.39. The number of hydrogen-bond acceptors (Lipinski definition) is 10. The molecule has 1 saturated heterocycles. The molecule has 5 aromatic rings. The van der Waals surface area contributed by atoms with Crippen molar-refractivity contribution in [1.82, 2.24) is 4.90 Å². The number of aliphatic carboxylic acids is 1. The van der Waals surface area contributed by atoms with E-state index in [1.165, 1.54) is 4.90 Å². The Morgan fingerprint density at radius 1 is 0.539 bits per heavy atom. The number of imide groups is 1. The van der Waals surface area contributed by atoms with Crippen LogP contribution in [0.5, 0.6) is 0 Å². The van der Waals surface area contributed by atoms with E-state index in [4.69, 9.17) is 23.1 Å². The molecule has 0 radical (unpaired) electrons. The Morgan fingerprint density at radius 2 is 0.868 bits per heavy atom. The molecule has 0 saturated carbocycles. The SMILES string of the molecule is CC(C)(C)OC(=O)CC(CCO[Si](c1ccccc1)(c1ccccc1)C(C)(C)C)C(=O)N1C(=O)OC[C@@H]1Cc1ccccc1.CC(C)(C)OC(=O)CC(CCO[Si](c1ccccc1)(c1ccccc1)C(C)(C)C)C(=O)O. The molecule has 12 nitrogen and oxygen atoms in total. The van der Waals surface area contributed by atoms with E-state index >= 15 is 0 Å². The lowest BCUT2D eigenvalue weighted by Crippen LogP contribution is -2.66. The second-order valence-corrected chi connectivity index (χ2v) is 32.2. The van der Waals surface area contributed by atoms with Crippen LogP contribution < -0.4 is 20.7 Å². The largest absolute Gasteiger partial charge is 0.481 e. The number of carbonyl (C=O) groups excluding carboxylic acids is 4. The van der Waals surface area contributed by atoms with E-state index in [0.717, 1.165) is 26.3 Å². The number of cyclic esters (lactones) is 1. The lowest BCUT2D eigenvalue weighted by atomic mass is 9.98. The molecule has 2 amide bonds. The molecule has 1 aliphatic heterocycles. The summed E-state index contributed by atoms with van der Waals surface area (Å²) in [6.07, 6.45) is -0.0730. The molecule has 1 heterocycles. The first-order valence-electron chi connectivity index (χ1n) is 26.4. The van der Waals surface area contributed by atoms with Crippen LogP contribution in [0.3, 0.4) is 0 Å². The maximum atomic E-state index is 14.1. The summed E-state index contributed by atoms with van der Waals surface area (Å²) in [5.74, 6) is -4.13. The summed E-state index contributed by atoms with van der Waals surface area (Å²) in [5.41, 5.74) is -0.364. The van der Waals surface area contributed by atoms with Crippen molar-refractivity contribution in [3.05, 3.63) is 157 Å². The fraction of sp³-hybridized carbons (Fsp3) is 0.435. The topological polar surface area (TPSA) is 155 Å². The number of amides is 2. The number of ether oxygens (including phenoxy) is 3. The van der Waals surface area contributed by atoms with Crippen molar-refractivity contribution in [2.24, 2.45) is 11.8 Å². The molecule has 2 unspecified atom stereocenters. The van der Waals surface area contributed by atoms with Gasteiger partial charge in [-0.05, 0) is 97.2 Å². The Hall–Kier alpha value is -6.20. The summed E-state index contributed by atoms with van der Waals surface area (Å²) >= 11 is 0. The molecule has 1 fully saturated rings. The third kappa shape index (κ3) is 16.2. The van der Waals surface area contributed by atoms with Crippen molar-refractivity contribution in [3.63, 3.8) is 0 Å². The van der Waals surface area contributed by atoms with Gasteiger partial charge >= 0.3 is 24.0 Å². The summed E-state index contributed by atoms with van der Waals surface area (Å²) < 4.78 is 30.1. The zero-order chi connectivity index (χ0) is 56.0. The molecule has 0 spiro atoms. The normalized spacial score (nSPS) is 15.1. The van der Waals surface area contributed by atoms with Gasteiger partial charge in [-0.1, -0.05) is 193 Å². The van der Waals surface area contributed by atoms with Crippen LogP contribution in [-0.2, 0) is 48.7 Å². The van der Waals surface area contributed by atoms with Crippen LogP contribution in [0.15, 0.2) is 152 Å². The highest BCUT2D eigenvalue weighted by atomic mass is 28.4. The maximum Gasteiger partial charge on any atom is 0.416 e. The van der Waals surface area contributed by atoms with Crippen molar-refractivity contribution in [1.29, 1.82) is 0 Å². The van der Waals surface area contributed by atoms with Gasteiger partial charge in [0.1, 0.15) is 17.8 Å². The predicted molar refractivity (Wildman–Crippen MR) is 304 cm³/mol. The summed E-state index contributed by atoms with van der Waals surface area (Å²) in [6, 6.07) is 50.2. The number of esters is 2. The van der Waals surface area contributed by atoms with Gasteiger partial charge in [0.15, 0.2) is 0 Å². The molecule has 0 aliphatic carbocycles. The molecule has 5 aromatic carbocycles. The van der Waals surface area contributed by atoms with E-state index in [0.29, 0.717) is 6.42 Å². The van der Waals surface area contributed by atoms with Gasteiger partial charge in [-0.25, -0.2) is 9.69 Å². The fourth-order valence-corrected chi connectivity index (χ4v) is 19.1. The molecule has 0 bridgehead atoms. The summed E-state index contributed by atoms with van der Waals surface area (Å²) in [4.78, 5) is 65.4. The Labute approximate surface area is 453 Å². The molecule has 1 N–H and O–H groups in total. The van der Waals surface area contributed by atoms with Gasteiger partial charge in [-0.3, -0.25) is 19.2 Å². The van der Waals surface area contributed by atoms with Crippen LogP contribution in [0.2, 0.25) is 10.1 Å². The minimum Gasteiger partial charge on any atom is -0.481 e. The third-order valence-electron chi connectivity index (χ3n) is 13.3. The molecular formula is C62H81NO11Si2. The third-order valence-corrected chi connectivity index (χ3v) is 23.4. The first kappa shape index (κ1) is 60.7. The van der Waals surface area contributed by atoms with E-state index in [1.807, 2.05) is 103 Å². The number of carboxylic acid groups (broad SMARTS) is 1. The van der Waals surface area contributed by atoms with Crippen molar-refractivity contribution in [3.8, 4) is 0 Å². The average Bonchev–Trinajstić information content (AvgIpc) is 3.71. The van der Waals surface area contributed by atoms with E-state index in [1.54, 1.807) is 41.5 Å². The average molecular weight is 1070 g/mol. The van der Waals surface area contributed by atoms with E-state index in [-0.39, 0.29) is 55.6 Å². The summed E-state index contributed by atoms with van der Waals surface area (Å²) in [6.45, 7) is 24.4. The van der Waals surface area contributed by atoms with Gasteiger partial charge in [0.25, 0.3) is 16.6 Å². The Balaban J connectivity index is 0.000000296. The second kappa shape index (κ2) is 26.2. The summed E-state index contributed by atoms with van der Waals surface area (Å²) in [5, 5.41) is 13.8.